The second-order valence-corrected chi connectivity index (χ2v) is 5.74. The summed E-state index contributed by atoms with van der Waals surface area (Å²) in [7, 11) is 0. The topological polar surface area (TPSA) is 46.4 Å². The smallest absolute Gasteiger partial charge is 0.254 e. The largest absolute Gasteiger partial charge is 0.352 e. The fourth-order valence-corrected chi connectivity index (χ4v) is 2.54. The van der Waals surface area contributed by atoms with Crippen LogP contribution in [0, 0.1) is 5.82 Å². The number of rotatable bonds is 4. The molecule has 2 heterocycles. The van der Waals surface area contributed by atoms with Crippen molar-refractivity contribution >= 4 is 27.5 Å². The van der Waals surface area contributed by atoms with Gasteiger partial charge in [0.25, 0.3) is 5.91 Å². The first kappa shape index (κ1) is 14.7. The zero-order valence-corrected chi connectivity index (χ0v) is 13.2. The summed E-state index contributed by atoms with van der Waals surface area (Å²) in [4.78, 5) is 16.4. The zero-order chi connectivity index (χ0) is 15.5. The number of halogens is 2. The fraction of sp³-hybridized carbons (Fsp3) is 0.125. The summed E-state index contributed by atoms with van der Waals surface area (Å²) in [6.45, 7) is 0.397. The van der Waals surface area contributed by atoms with Crippen LogP contribution in [0.5, 0.6) is 0 Å². The van der Waals surface area contributed by atoms with Gasteiger partial charge in [0.2, 0.25) is 0 Å². The zero-order valence-electron chi connectivity index (χ0n) is 11.6. The van der Waals surface area contributed by atoms with Gasteiger partial charge in [-0.1, -0.05) is 22.0 Å². The predicted molar refractivity (Wildman–Crippen MR) is 85.3 cm³/mol. The number of nitrogens with one attached hydrogen (secondary N) is 1. The summed E-state index contributed by atoms with van der Waals surface area (Å²) in [6.07, 6.45) is 4.42. The van der Waals surface area contributed by atoms with Crippen LogP contribution < -0.4 is 5.32 Å². The van der Waals surface area contributed by atoms with Gasteiger partial charge in [-0.2, -0.15) is 0 Å². The molecule has 6 heteroatoms. The highest BCUT2D eigenvalue weighted by atomic mass is 79.9. The molecule has 0 aliphatic rings. The summed E-state index contributed by atoms with van der Waals surface area (Å²) in [6, 6.07) is 10.1. The summed E-state index contributed by atoms with van der Waals surface area (Å²) in [5.41, 5.74) is 1.77. The van der Waals surface area contributed by atoms with Crippen molar-refractivity contribution in [2.45, 2.75) is 6.42 Å². The SMILES string of the molecule is O=C(NCCc1cn2ccccc2n1)c1cc(Br)ccc1F. The first-order valence-electron chi connectivity index (χ1n) is 6.79. The van der Waals surface area contributed by atoms with Crippen molar-refractivity contribution in [3.8, 4) is 0 Å². The van der Waals surface area contributed by atoms with Gasteiger partial charge < -0.3 is 9.72 Å². The summed E-state index contributed by atoms with van der Waals surface area (Å²) in [5, 5.41) is 2.71. The molecule has 1 aromatic carbocycles. The van der Waals surface area contributed by atoms with Crippen LogP contribution in [0.2, 0.25) is 0 Å². The van der Waals surface area contributed by atoms with Crippen molar-refractivity contribution < 1.29 is 9.18 Å². The maximum absolute atomic E-state index is 13.6. The molecule has 0 unspecified atom stereocenters. The second-order valence-electron chi connectivity index (χ2n) is 4.83. The number of carbonyl (C=O) groups excluding carboxylic acids is 1. The Morgan fingerprint density at radius 3 is 3.00 bits per heavy atom. The van der Waals surface area contributed by atoms with Gasteiger partial charge >= 0.3 is 0 Å². The molecular weight excluding hydrogens is 349 g/mol. The highest BCUT2D eigenvalue weighted by Crippen LogP contribution is 2.15. The van der Waals surface area contributed by atoms with E-state index in [1.807, 2.05) is 35.0 Å². The molecule has 3 rings (SSSR count). The number of hydrogen-bond donors (Lipinski definition) is 1. The lowest BCUT2D eigenvalue weighted by Crippen LogP contribution is -2.26. The molecule has 0 saturated heterocycles. The first-order valence-corrected chi connectivity index (χ1v) is 7.58. The average molecular weight is 362 g/mol. The number of imidazole rings is 1. The maximum Gasteiger partial charge on any atom is 0.254 e. The van der Waals surface area contributed by atoms with Gasteiger partial charge in [-0.15, -0.1) is 0 Å². The van der Waals surface area contributed by atoms with Crippen molar-refractivity contribution in [2.24, 2.45) is 0 Å². The third-order valence-corrected chi connectivity index (χ3v) is 3.75. The number of pyridine rings is 1. The first-order chi connectivity index (χ1) is 10.6. The van der Waals surface area contributed by atoms with E-state index in [9.17, 15) is 9.18 Å². The van der Waals surface area contributed by atoms with E-state index in [1.54, 1.807) is 6.07 Å². The summed E-state index contributed by atoms with van der Waals surface area (Å²) in [5.74, 6) is -0.962. The molecule has 2 aromatic heterocycles. The molecule has 112 valence electrons. The van der Waals surface area contributed by atoms with Crippen molar-refractivity contribution in [1.29, 1.82) is 0 Å². The van der Waals surface area contributed by atoms with Gasteiger partial charge in [-0.05, 0) is 30.3 Å². The predicted octanol–water partition coefficient (Wildman–Crippen LogP) is 3.21. The van der Waals surface area contributed by atoms with Crippen LogP contribution in [0.3, 0.4) is 0 Å². The molecule has 3 aromatic rings. The highest BCUT2D eigenvalue weighted by molar-refractivity contribution is 9.10. The van der Waals surface area contributed by atoms with Crippen molar-refractivity contribution in [3.05, 3.63) is 70.3 Å². The Labute approximate surface area is 135 Å². The van der Waals surface area contributed by atoms with Crippen LogP contribution in [0.1, 0.15) is 16.1 Å². The van der Waals surface area contributed by atoms with Gasteiger partial charge in [0.1, 0.15) is 11.5 Å². The molecule has 1 N–H and O–H groups in total. The molecule has 0 saturated carbocycles. The molecule has 0 aliphatic heterocycles. The Balaban J connectivity index is 1.62. The normalized spacial score (nSPS) is 10.8. The molecule has 0 bridgehead atoms. The quantitative estimate of drug-likeness (QED) is 0.775. The van der Waals surface area contributed by atoms with Crippen LogP contribution >= 0.6 is 15.9 Å². The van der Waals surface area contributed by atoms with Crippen LogP contribution in [0.4, 0.5) is 4.39 Å². The molecule has 1 amide bonds. The van der Waals surface area contributed by atoms with E-state index in [4.69, 9.17) is 0 Å². The number of fused-ring (bicyclic) bond motifs is 1. The number of benzene rings is 1. The Bertz CT molecular complexity index is 798. The van der Waals surface area contributed by atoms with E-state index in [0.717, 1.165) is 11.3 Å². The van der Waals surface area contributed by atoms with Gasteiger partial charge in [0.05, 0.1) is 11.3 Å². The van der Waals surface area contributed by atoms with Crippen molar-refractivity contribution in [2.75, 3.05) is 6.54 Å². The third kappa shape index (κ3) is 3.17. The molecule has 0 aliphatic carbocycles. The summed E-state index contributed by atoms with van der Waals surface area (Å²) >= 11 is 3.23. The molecular formula is C16H13BrFN3O. The second kappa shape index (κ2) is 6.27. The molecule has 0 spiro atoms. The molecule has 4 nitrogen and oxygen atoms in total. The number of hydrogen-bond acceptors (Lipinski definition) is 2. The number of aromatic nitrogens is 2. The number of amides is 1. The monoisotopic (exact) mass is 361 g/mol. The van der Waals surface area contributed by atoms with Gasteiger partial charge in [-0.25, -0.2) is 9.37 Å². The van der Waals surface area contributed by atoms with E-state index in [-0.39, 0.29) is 5.56 Å². The minimum atomic E-state index is -0.534. The molecule has 22 heavy (non-hydrogen) atoms. The average Bonchev–Trinajstić information content (AvgIpc) is 2.92. The molecule has 0 fully saturated rings. The molecule has 0 atom stereocenters. The lowest BCUT2D eigenvalue weighted by molar-refractivity contribution is 0.0950. The van der Waals surface area contributed by atoms with Crippen LogP contribution in [-0.2, 0) is 6.42 Å². The van der Waals surface area contributed by atoms with E-state index in [1.165, 1.54) is 12.1 Å². The van der Waals surface area contributed by atoms with Crippen molar-refractivity contribution in [3.63, 3.8) is 0 Å². The van der Waals surface area contributed by atoms with Gasteiger partial charge in [-0.3, -0.25) is 4.79 Å². The maximum atomic E-state index is 13.6. The van der Waals surface area contributed by atoms with E-state index >= 15 is 0 Å². The Kier molecular flexibility index (Phi) is 4.20. The lowest BCUT2D eigenvalue weighted by atomic mass is 10.2. The van der Waals surface area contributed by atoms with Crippen LogP contribution in [0.25, 0.3) is 5.65 Å². The molecule has 0 radical (unpaired) electrons. The van der Waals surface area contributed by atoms with Gasteiger partial charge in [0.15, 0.2) is 0 Å². The van der Waals surface area contributed by atoms with Gasteiger partial charge in [0, 0.05) is 29.8 Å². The Hall–Kier alpha value is -2.21. The van der Waals surface area contributed by atoms with Crippen LogP contribution in [0.15, 0.2) is 53.3 Å². The fourth-order valence-electron chi connectivity index (χ4n) is 2.18. The lowest BCUT2D eigenvalue weighted by Gasteiger charge is -2.05. The third-order valence-electron chi connectivity index (χ3n) is 3.25. The van der Waals surface area contributed by atoms with E-state index in [0.29, 0.717) is 17.4 Å². The van der Waals surface area contributed by atoms with Crippen LogP contribution in [-0.4, -0.2) is 21.8 Å². The minimum Gasteiger partial charge on any atom is -0.352 e. The summed E-state index contributed by atoms with van der Waals surface area (Å²) < 4.78 is 16.2. The van der Waals surface area contributed by atoms with E-state index in [2.05, 4.69) is 26.2 Å². The Morgan fingerprint density at radius 1 is 1.32 bits per heavy atom. The number of carbonyl (C=O) groups is 1. The standard InChI is InChI=1S/C16H13BrFN3O/c17-11-4-5-14(18)13(9-11)16(22)19-7-6-12-10-21-8-2-1-3-15(21)20-12/h1-5,8-10H,6-7H2,(H,19,22). The highest BCUT2D eigenvalue weighted by Gasteiger charge is 2.11. The van der Waals surface area contributed by atoms with Crippen molar-refractivity contribution in [1.82, 2.24) is 14.7 Å². The number of nitrogens with zero attached hydrogens (tertiary/aromatic N) is 2. The Morgan fingerprint density at radius 2 is 2.18 bits per heavy atom. The van der Waals surface area contributed by atoms with E-state index < -0.39 is 11.7 Å². The minimum absolute atomic E-state index is 0.0318.